The van der Waals surface area contributed by atoms with Crippen LogP contribution in [0.4, 0.5) is 0 Å². The molecule has 0 saturated heterocycles. The van der Waals surface area contributed by atoms with Crippen molar-refractivity contribution in [2.24, 2.45) is 5.73 Å². The van der Waals surface area contributed by atoms with Gasteiger partial charge in [-0.15, -0.1) is 24.8 Å². The maximum atomic E-state index is 5.62. The molecular formula is C10H16Cl2N2O. The first-order chi connectivity index (χ1) is 6.33. The monoisotopic (exact) mass is 250 g/mol. The van der Waals surface area contributed by atoms with E-state index in [-0.39, 0.29) is 24.8 Å². The predicted molar refractivity (Wildman–Crippen MR) is 65.4 cm³/mol. The molecule has 1 aromatic rings. The molecule has 0 amide bonds. The molecule has 0 spiro atoms. The van der Waals surface area contributed by atoms with Crippen molar-refractivity contribution in [3.05, 3.63) is 23.5 Å². The number of rotatable bonds is 2. The van der Waals surface area contributed by atoms with E-state index in [1.165, 1.54) is 5.56 Å². The maximum Gasteiger partial charge on any atom is 0.144 e. The zero-order valence-corrected chi connectivity index (χ0v) is 10.2. The molecule has 0 aliphatic carbocycles. The van der Waals surface area contributed by atoms with Crippen LogP contribution in [0.15, 0.2) is 12.3 Å². The van der Waals surface area contributed by atoms with Crippen molar-refractivity contribution in [2.45, 2.75) is 19.3 Å². The van der Waals surface area contributed by atoms with Gasteiger partial charge in [-0.25, -0.2) is 0 Å². The van der Waals surface area contributed by atoms with Crippen LogP contribution in [-0.2, 0) is 6.42 Å². The largest absolute Gasteiger partial charge is 0.491 e. The molecule has 0 aromatic carbocycles. The normalized spacial score (nSPS) is 14.3. The van der Waals surface area contributed by atoms with Crippen LogP contribution in [0, 0.1) is 0 Å². The smallest absolute Gasteiger partial charge is 0.144 e. The Morgan fingerprint density at radius 3 is 2.93 bits per heavy atom. The Hall–Kier alpha value is -0.510. The first-order valence-corrected chi connectivity index (χ1v) is 4.63. The van der Waals surface area contributed by atoms with Gasteiger partial charge >= 0.3 is 0 Å². The maximum absolute atomic E-state index is 5.62. The average Bonchev–Trinajstić information content (AvgIpc) is 2.63. The number of fused-ring (bicyclic) bond motifs is 1. The summed E-state index contributed by atoms with van der Waals surface area (Å²) in [5.41, 5.74) is 7.90. The Morgan fingerprint density at radius 2 is 2.27 bits per heavy atom. The van der Waals surface area contributed by atoms with Gasteiger partial charge in [0.2, 0.25) is 0 Å². The molecule has 1 aliphatic heterocycles. The molecular weight excluding hydrogens is 235 g/mol. The second-order valence-electron chi connectivity index (χ2n) is 3.41. The summed E-state index contributed by atoms with van der Waals surface area (Å²) in [4.78, 5) is 4.27. The van der Waals surface area contributed by atoms with E-state index in [9.17, 15) is 0 Å². The Balaban J connectivity index is 0.000000980. The third-order valence-electron chi connectivity index (χ3n) is 2.48. The van der Waals surface area contributed by atoms with E-state index in [0.29, 0.717) is 12.5 Å². The van der Waals surface area contributed by atoms with Gasteiger partial charge in [-0.3, -0.25) is 4.98 Å². The molecule has 1 aliphatic rings. The third kappa shape index (κ3) is 2.74. The molecule has 15 heavy (non-hydrogen) atoms. The van der Waals surface area contributed by atoms with Crippen LogP contribution in [0.5, 0.6) is 5.75 Å². The van der Waals surface area contributed by atoms with Gasteiger partial charge in [-0.2, -0.15) is 0 Å². The lowest BCUT2D eigenvalue weighted by atomic mass is 10.0. The minimum atomic E-state index is 0. The van der Waals surface area contributed by atoms with Crippen molar-refractivity contribution < 1.29 is 4.74 Å². The van der Waals surface area contributed by atoms with Gasteiger partial charge in [0, 0.05) is 18.2 Å². The molecule has 1 aromatic heterocycles. The average molecular weight is 251 g/mol. The number of aromatic nitrogens is 1. The van der Waals surface area contributed by atoms with E-state index in [1.54, 1.807) is 0 Å². The summed E-state index contributed by atoms with van der Waals surface area (Å²) in [6.45, 7) is 3.52. The lowest BCUT2D eigenvalue weighted by Crippen LogP contribution is -2.10. The van der Waals surface area contributed by atoms with Crippen LogP contribution in [-0.4, -0.2) is 18.1 Å². The van der Waals surface area contributed by atoms with Gasteiger partial charge in [0.05, 0.1) is 12.3 Å². The quantitative estimate of drug-likeness (QED) is 0.873. The number of ether oxygens (including phenoxy) is 1. The summed E-state index contributed by atoms with van der Waals surface area (Å²) in [5, 5.41) is 0. The Bertz CT molecular complexity index is 320. The summed E-state index contributed by atoms with van der Waals surface area (Å²) in [6.07, 6.45) is 2.77. The fourth-order valence-corrected chi connectivity index (χ4v) is 1.62. The molecule has 2 N–H and O–H groups in total. The fraction of sp³-hybridized carbons (Fsp3) is 0.500. The number of nitrogens with two attached hydrogens (primary N) is 1. The van der Waals surface area contributed by atoms with Gasteiger partial charge in [-0.1, -0.05) is 6.92 Å². The summed E-state index contributed by atoms with van der Waals surface area (Å²) >= 11 is 0. The highest BCUT2D eigenvalue weighted by Crippen LogP contribution is 2.32. The Labute approximate surface area is 102 Å². The van der Waals surface area contributed by atoms with Crippen molar-refractivity contribution in [1.29, 1.82) is 0 Å². The molecule has 5 heteroatoms. The van der Waals surface area contributed by atoms with Crippen molar-refractivity contribution in [2.75, 3.05) is 13.2 Å². The zero-order chi connectivity index (χ0) is 9.26. The number of nitrogens with zero attached hydrogens (tertiary/aromatic N) is 1. The minimum absolute atomic E-state index is 0. The summed E-state index contributed by atoms with van der Waals surface area (Å²) in [5.74, 6) is 1.33. The molecule has 0 radical (unpaired) electrons. The first kappa shape index (κ1) is 14.5. The summed E-state index contributed by atoms with van der Waals surface area (Å²) in [6, 6.07) is 2.00. The second-order valence-corrected chi connectivity index (χ2v) is 3.41. The van der Waals surface area contributed by atoms with E-state index in [2.05, 4.69) is 11.9 Å². The van der Waals surface area contributed by atoms with Gasteiger partial charge in [0.15, 0.2) is 0 Å². The van der Waals surface area contributed by atoms with Crippen LogP contribution >= 0.6 is 24.8 Å². The van der Waals surface area contributed by atoms with Gasteiger partial charge in [0.25, 0.3) is 0 Å². The van der Waals surface area contributed by atoms with Gasteiger partial charge < -0.3 is 10.5 Å². The summed E-state index contributed by atoms with van der Waals surface area (Å²) in [7, 11) is 0. The zero-order valence-electron chi connectivity index (χ0n) is 8.60. The van der Waals surface area contributed by atoms with E-state index >= 15 is 0 Å². The molecule has 2 rings (SSSR count). The van der Waals surface area contributed by atoms with Crippen LogP contribution in [0.1, 0.15) is 24.1 Å². The third-order valence-corrected chi connectivity index (χ3v) is 2.48. The molecule has 0 fully saturated rings. The molecule has 1 atom stereocenters. The van der Waals surface area contributed by atoms with Crippen LogP contribution in [0.25, 0.3) is 0 Å². The molecule has 3 nitrogen and oxygen atoms in total. The topological polar surface area (TPSA) is 48.1 Å². The fourth-order valence-electron chi connectivity index (χ4n) is 1.62. The number of hydrogen-bond acceptors (Lipinski definition) is 3. The minimum Gasteiger partial charge on any atom is -0.491 e. The molecule has 2 heterocycles. The first-order valence-electron chi connectivity index (χ1n) is 4.63. The molecule has 0 bridgehead atoms. The number of pyridine rings is 1. The van der Waals surface area contributed by atoms with Crippen molar-refractivity contribution in [3.63, 3.8) is 0 Å². The van der Waals surface area contributed by atoms with Crippen LogP contribution in [0.2, 0.25) is 0 Å². The van der Waals surface area contributed by atoms with E-state index in [1.807, 2.05) is 12.3 Å². The highest BCUT2D eigenvalue weighted by molar-refractivity contribution is 5.85. The molecule has 0 saturated carbocycles. The van der Waals surface area contributed by atoms with Crippen molar-refractivity contribution >= 4 is 24.8 Å². The van der Waals surface area contributed by atoms with E-state index in [4.69, 9.17) is 10.5 Å². The molecule has 1 unspecified atom stereocenters. The van der Waals surface area contributed by atoms with Crippen molar-refractivity contribution in [1.82, 2.24) is 4.98 Å². The van der Waals surface area contributed by atoms with E-state index in [0.717, 1.165) is 24.5 Å². The van der Waals surface area contributed by atoms with Crippen LogP contribution < -0.4 is 10.5 Å². The highest BCUT2D eigenvalue weighted by Gasteiger charge is 2.19. The second kappa shape index (κ2) is 6.16. The highest BCUT2D eigenvalue weighted by atomic mass is 35.5. The SMILES string of the molecule is CC(CN)c1ccnc2c1OCC2.Cl.Cl. The Morgan fingerprint density at radius 1 is 1.53 bits per heavy atom. The Kier molecular flexibility index (Phi) is 5.95. The molecule has 86 valence electrons. The predicted octanol–water partition coefficient (Wildman–Crippen LogP) is 1.92. The van der Waals surface area contributed by atoms with Crippen LogP contribution in [0.3, 0.4) is 0 Å². The number of halogens is 2. The van der Waals surface area contributed by atoms with E-state index < -0.39 is 0 Å². The lowest BCUT2D eigenvalue weighted by Gasteiger charge is -2.12. The van der Waals surface area contributed by atoms with Crippen molar-refractivity contribution in [3.8, 4) is 5.75 Å². The lowest BCUT2D eigenvalue weighted by molar-refractivity contribution is 0.351. The number of hydrogen-bond donors (Lipinski definition) is 1. The van der Waals surface area contributed by atoms with Gasteiger partial charge in [-0.05, 0) is 18.5 Å². The standard InChI is InChI=1S/C10H14N2O.2ClH/c1-7(6-11)8-2-4-12-9-3-5-13-10(8)9;;/h2,4,7H,3,5-6,11H2,1H3;2*1H. The summed E-state index contributed by atoms with van der Waals surface area (Å²) < 4.78 is 5.53. The van der Waals surface area contributed by atoms with Gasteiger partial charge in [0.1, 0.15) is 5.75 Å².